The Morgan fingerprint density at radius 1 is 1.12 bits per heavy atom. The average molecular weight is 262 g/mol. The molecule has 0 aliphatic heterocycles. The van der Waals surface area contributed by atoms with Gasteiger partial charge in [-0.25, -0.2) is 0 Å². The number of hydrogen-bond donors (Lipinski definition) is 1. The lowest BCUT2D eigenvalue weighted by atomic mass is 10.1. The maximum absolute atomic E-state index is 11.1. The van der Waals surface area contributed by atoms with Crippen LogP contribution in [0, 0.1) is 5.92 Å². The van der Waals surface area contributed by atoms with E-state index in [4.69, 9.17) is 5.11 Å². The first-order valence-corrected chi connectivity index (χ1v) is 12.9. The van der Waals surface area contributed by atoms with Gasteiger partial charge in [-0.15, -0.1) is 0 Å². The molecule has 0 saturated carbocycles. The van der Waals surface area contributed by atoms with Crippen molar-refractivity contribution in [2.45, 2.75) is 52.6 Å². The molecule has 0 amide bonds. The van der Waals surface area contributed by atoms with Gasteiger partial charge in [0.05, 0.1) is 5.92 Å². The lowest BCUT2D eigenvalue weighted by Gasteiger charge is -2.44. The van der Waals surface area contributed by atoms with Crippen molar-refractivity contribution in [3.63, 3.8) is 0 Å². The van der Waals surface area contributed by atoms with E-state index in [1.807, 2.05) is 6.92 Å². The van der Waals surface area contributed by atoms with Gasteiger partial charge in [-0.3, -0.25) is 4.79 Å². The summed E-state index contributed by atoms with van der Waals surface area (Å²) in [6.45, 7) is 16.5. The van der Waals surface area contributed by atoms with Crippen molar-refractivity contribution in [2.24, 2.45) is 5.92 Å². The lowest BCUT2D eigenvalue weighted by Crippen LogP contribution is -2.60. The minimum Gasteiger partial charge on any atom is -0.481 e. The summed E-state index contributed by atoms with van der Waals surface area (Å²) in [4.78, 5) is 11.1. The first-order chi connectivity index (χ1) is 7.00. The van der Waals surface area contributed by atoms with Gasteiger partial charge in [0.15, 0.2) is 0 Å². The van der Waals surface area contributed by atoms with Crippen LogP contribution in [0.1, 0.15) is 13.3 Å². The second-order valence-electron chi connectivity index (χ2n) is 6.40. The summed E-state index contributed by atoms with van der Waals surface area (Å²) in [7, 11) is -2.83. The normalized spacial score (nSPS) is 15.2. The molecule has 0 aromatic rings. The first kappa shape index (κ1) is 15.9. The van der Waals surface area contributed by atoms with Gasteiger partial charge in [-0.1, -0.05) is 46.2 Å². The molecule has 0 rings (SSSR count). The highest BCUT2D eigenvalue weighted by Crippen LogP contribution is 2.22. The Hall–Kier alpha value is -0.136. The molecule has 0 aliphatic rings. The lowest BCUT2D eigenvalue weighted by molar-refractivity contribution is -0.141. The monoisotopic (exact) mass is 261 g/mol. The van der Waals surface area contributed by atoms with Gasteiger partial charge < -0.3 is 9.34 Å². The average Bonchev–Trinajstić information content (AvgIpc) is 1.99. The summed E-state index contributed by atoms with van der Waals surface area (Å²) in [6.07, 6.45) is 0.723. The summed E-state index contributed by atoms with van der Waals surface area (Å²) in [5.74, 6) is -0.859. The van der Waals surface area contributed by atoms with E-state index < -0.39 is 22.4 Å². The molecule has 1 atom stereocenters. The minimum atomic E-state index is -1.42. The Labute approximate surface area is 102 Å². The van der Waals surface area contributed by atoms with E-state index in [-0.39, 0.29) is 5.92 Å². The first-order valence-electron chi connectivity index (χ1n) is 6.00. The summed E-state index contributed by atoms with van der Waals surface area (Å²) in [5.41, 5.74) is 0. The SMILES string of the molecule is CCC(CN([Si](C)(C)C)[Si](C)(C)C)C(=O)O. The van der Waals surface area contributed by atoms with Crippen LogP contribution < -0.4 is 0 Å². The third-order valence-electron chi connectivity index (χ3n) is 2.86. The molecule has 16 heavy (non-hydrogen) atoms. The van der Waals surface area contributed by atoms with Crippen molar-refractivity contribution in [1.29, 1.82) is 0 Å². The summed E-state index contributed by atoms with van der Waals surface area (Å²) >= 11 is 0. The third-order valence-corrected chi connectivity index (χ3v) is 10.5. The molecule has 0 fully saturated rings. The summed E-state index contributed by atoms with van der Waals surface area (Å²) in [5, 5.41) is 9.16. The van der Waals surface area contributed by atoms with Crippen LogP contribution in [0.4, 0.5) is 0 Å². The number of carboxylic acids is 1. The fraction of sp³-hybridized carbons (Fsp3) is 0.909. The number of nitrogens with zero attached hydrogens (tertiary/aromatic N) is 1. The summed E-state index contributed by atoms with van der Waals surface area (Å²) < 4.78 is 2.54. The molecule has 0 heterocycles. The van der Waals surface area contributed by atoms with E-state index >= 15 is 0 Å². The van der Waals surface area contributed by atoms with Crippen molar-refractivity contribution < 1.29 is 9.90 Å². The van der Waals surface area contributed by atoms with E-state index in [2.05, 4.69) is 43.5 Å². The minimum absolute atomic E-state index is 0.210. The van der Waals surface area contributed by atoms with Crippen LogP contribution in [-0.2, 0) is 4.79 Å². The Morgan fingerprint density at radius 3 is 1.69 bits per heavy atom. The zero-order valence-electron chi connectivity index (χ0n) is 11.8. The van der Waals surface area contributed by atoms with E-state index in [1.165, 1.54) is 0 Å². The smallest absolute Gasteiger partial charge is 0.307 e. The molecule has 1 N–H and O–H groups in total. The second-order valence-corrected chi connectivity index (χ2v) is 16.6. The van der Waals surface area contributed by atoms with Crippen LogP contribution in [0.5, 0.6) is 0 Å². The fourth-order valence-electron chi connectivity index (χ4n) is 2.16. The fourth-order valence-corrected chi connectivity index (χ4v) is 11.7. The molecular weight excluding hydrogens is 234 g/mol. The highest BCUT2D eigenvalue weighted by atomic mass is 28.4. The van der Waals surface area contributed by atoms with Crippen molar-refractivity contribution in [2.75, 3.05) is 6.54 Å². The zero-order valence-corrected chi connectivity index (χ0v) is 13.8. The Bertz CT molecular complexity index is 229. The molecule has 5 heteroatoms. The number of carboxylic acid groups (broad SMARTS) is 1. The maximum atomic E-state index is 11.1. The third kappa shape index (κ3) is 4.80. The van der Waals surface area contributed by atoms with Crippen LogP contribution in [0.3, 0.4) is 0 Å². The Balaban J connectivity index is 4.88. The molecule has 96 valence electrons. The van der Waals surface area contributed by atoms with Crippen molar-refractivity contribution in [3.8, 4) is 0 Å². The predicted octanol–water partition coefficient (Wildman–Crippen LogP) is 3.07. The van der Waals surface area contributed by atoms with Crippen molar-refractivity contribution in [1.82, 2.24) is 4.23 Å². The van der Waals surface area contributed by atoms with Gasteiger partial charge in [0.25, 0.3) is 0 Å². The van der Waals surface area contributed by atoms with Gasteiger partial charge in [0.1, 0.15) is 16.5 Å². The molecule has 0 saturated heterocycles. The van der Waals surface area contributed by atoms with E-state index in [9.17, 15) is 4.79 Å². The van der Waals surface area contributed by atoms with Crippen LogP contribution >= 0.6 is 0 Å². The molecule has 0 aromatic heterocycles. The largest absolute Gasteiger partial charge is 0.481 e. The molecule has 0 aromatic carbocycles. The maximum Gasteiger partial charge on any atom is 0.307 e. The van der Waals surface area contributed by atoms with Crippen LogP contribution in [0.15, 0.2) is 0 Å². The molecule has 0 spiro atoms. The predicted molar refractivity (Wildman–Crippen MR) is 74.8 cm³/mol. The Kier molecular flexibility index (Phi) is 5.42. The van der Waals surface area contributed by atoms with Crippen molar-refractivity contribution in [3.05, 3.63) is 0 Å². The molecular formula is C11H27NO2Si2. The van der Waals surface area contributed by atoms with Crippen molar-refractivity contribution >= 4 is 22.4 Å². The molecule has 1 unspecified atom stereocenters. The quantitative estimate of drug-likeness (QED) is 0.747. The molecule has 0 bridgehead atoms. The second kappa shape index (κ2) is 5.47. The van der Waals surface area contributed by atoms with Gasteiger partial charge in [0.2, 0.25) is 0 Å². The number of carbonyl (C=O) groups is 1. The number of rotatable bonds is 6. The standard InChI is InChI=1S/C11H27NO2Si2/c1-8-10(11(13)14)9-12(15(2,3)4)16(5,6)7/h10H,8-9H2,1-7H3,(H,13,14). The van der Waals surface area contributed by atoms with Gasteiger partial charge in [0, 0.05) is 0 Å². The summed E-state index contributed by atoms with van der Waals surface area (Å²) in [6, 6.07) is 0. The van der Waals surface area contributed by atoms with Gasteiger partial charge in [-0.2, -0.15) is 0 Å². The molecule has 3 nitrogen and oxygen atoms in total. The topological polar surface area (TPSA) is 40.5 Å². The van der Waals surface area contributed by atoms with Crippen LogP contribution in [0.25, 0.3) is 0 Å². The number of aliphatic carboxylic acids is 1. The van der Waals surface area contributed by atoms with Crippen LogP contribution in [-0.4, -0.2) is 38.3 Å². The van der Waals surface area contributed by atoms with Crippen LogP contribution in [0.2, 0.25) is 39.3 Å². The van der Waals surface area contributed by atoms with E-state index in [0.29, 0.717) is 0 Å². The zero-order chi connectivity index (χ0) is 13.1. The highest BCUT2D eigenvalue weighted by molar-refractivity contribution is 6.89. The molecule has 0 radical (unpaired) electrons. The molecule has 0 aliphatic carbocycles. The van der Waals surface area contributed by atoms with E-state index in [1.54, 1.807) is 0 Å². The highest BCUT2D eigenvalue weighted by Gasteiger charge is 2.36. The number of hydrogen-bond acceptors (Lipinski definition) is 2. The van der Waals surface area contributed by atoms with Gasteiger partial charge >= 0.3 is 5.97 Å². The van der Waals surface area contributed by atoms with E-state index in [0.717, 1.165) is 13.0 Å². The van der Waals surface area contributed by atoms with Gasteiger partial charge in [-0.05, 0) is 13.0 Å². The Morgan fingerprint density at radius 2 is 1.50 bits per heavy atom.